The molecule has 0 unspecified atom stereocenters. The SMILES string of the molecule is C[C@H](NC(=O)[C@@H](C)N)c1cccc(Cl)c1. The molecule has 82 valence electrons. The maximum absolute atomic E-state index is 11.3. The topological polar surface area (TPSA) is 55.1 Å². The lowest BCUT2D eigenvalue weighted by Crippen LogP contribution is -2.39. The smallest absolute Gasteiger partial charge is 0.237 e. The molecule has 0 fully saturated rings. The van der Waals surface area contributed by atoms with E-state index in [9.17, 15) is 4.79 Å². The van der Waals surface area contributed by atoms with Crippen molar-refractivity contribution in [3.8, 4) is 0 Å². The predicted molar refractivity (Wildman–Crippen MR) is 61.7 cm³/mol. The molecule has 1 rings (SSSR count). The molecule has 0 aliphatic carbocycles. The summed E-state index contributed by atoms with van der Waals surface area (Å²) in [6.45, 7) is 3.55. The van der Waals surface area contributed by atoms with Gasteiger partial charge < -0.3 is 11.1 Å². The number of rotatable bonds is 3. The highest BCUT2D eigenvalue weighted by Crippen LogP contribution is 2.17. The minimum Gasteiger partial charge on any atom is -0.348 e. The molecule has 0 saturated carbocycles. The van der Waals surface area contributed by atoms with E-state index in [-0.39, 0.29) is 11.9 Å². The van der Waals surface area contributed by atoms with Gasteiger partial charge in [-0.25, -0.2) is 0 Å². The quantitative estimate of drug-likeness (QED) is 0.827. The van der Waals surface area contributed by atoms with Crippen LogP contribution in [0.2, 0.25) is 5.02 Å². The maximum atomic E-state index is 11.3. The molecular weight excluding hydrogens is 212 g/mol. The first-order chi connectivity index (χ1) is 7.00. The number of hydrogen-bond donors (Lipinski definition) is 2. The number of carbonyl (C=O) groups excluding carboxylic acids is 1. The van der Waals surface area contributed by atoms with Crippen molar-refractivity contribution in [1.82, 2.24) is 5.32 Å². The Morgan fingerprint density at radius 1 is 1.47 bits per heavy atom. The van der Waals surface area contributed by atoms with Crippen LogP contribution in [0.3, 0.4) is 0 Å². The zero-order valence-corrected chi connectivity index (χ0v) is 9.58. The van der Waals surface area contributed by atoms with Crippen molar-refractivity contribution in [3.63, 3.8) is 0 Å². The van der Waals surface area contributed by atoms with Crippen LogP contribution in [-0.4, -0.2) is 11.9 Å². The Balaban J connectivity index is 2.69. The van der Waals surface area contributed by atoms with Crippen molar-refractivity contribution >= 4 is 17.5 Å². The highest BCUT2D eigenvalue weighted by Gasteiger charge is 2.12. The van der Waals surface area contributed by atoms with Crippen molar-refractivity contribution < 1.29 is 4.79 Å². The molecule has 0 aliphatic heterocycles. The number of hydrogen-bond acceptors (Lipinski definition) is 2. The second-order valence-corrected chi connectivity index (χ2v) is 4.01. The minimum atomic E-state index is -0.494. The van der Waals surface area contributed by atoms with Gasteiger partial charge in [0.15, 0.2) is 0 Å². The Labute approximate surface area is 94.6 Å². The van der Waals surface area contributed by atoms with Gasteiger partial charge >= 0.3 is 0 Å². The molecule has 3 N–H and O–H groups in total. The van der Waals surface area contributed by atoms with E-state index in [1.54, 1.807) is 13.0 Å². The summed E-state index contributed by atoms with van der Waals surface area (Å²) >= 11 is 5.85. The molecule has 0 heterocycles. The van der Waals surface area contributed by atoms with E-state index >= 15 is 0 Å². The summed E-state index contributed by atoms with van der Waals surface area (Å²) in [4.78, 5) is 11.3. The van der Waals surface area contributed by atoms with Crippen LogP contribution >= 0.6 is 11.6 Å². The number of carbonyl (C=O) groups is 1. The molecule has 15 heavy (non-hydrogen) atoms. The van der Waals surface area contributed by atoms with Gasteiger partial charge in [0.2, 0.25) is 5.91 Å². The fraction of sp³-hybridized carbons (Fsp3) is 0.364. The van der Waals surface area contributed by atoms with Crippen molar-refractivity contribution in [1.29, 1.82) is 0 Å². The number of benzene rings is 1. The van der Waals surface area contributed by atoms with Gasteiger partial charge in [0.25, 0.3) is 0 Å². The summed E-state index contributed by atoms with van der Waals surface area (Å²) in [5.41, 5.74) is 6.42. The number of nitrogens with two attached hydrogens (primary N) is 1. The molecule has 0 aromatic heterocycles. The average Bonchev–Trinajstić information content (AvgIpc) is 2.17. The summed E-state index contributed by atoms with van der Waals surface area (Å²) < 4.78 is 0. The van der Waals surface area contributed by atoms with Gasteiger partial charge in [0.05, 0.1) is 12.1 Å². The second-order valence-electron chi connectivity index (χ2n) is 3.57. The Morgan fingerprint density at radius 3 is 2.67 bits per heavy atom. The third kappa shape index (κ3) is 3.53. The fourth-order valence-corrected chi connectivity index (χ4v) is 1.40. The van der Waals surface area contributed by atoms with Gasteiger partial charge in [-0.15, -0.1) is 0 Å². The van der Waals surface area contributed by atoms with Crippen LogP contribution in [0.15, 0.2) is 24.3 Å². The van der Waals surface area contributed by atoms with Crippen LogP contribution in [0.5, 0.6) is 0 Å². The highest BCUT2D eigenvalue weighted by molar-refractivity contribution is 6.30. The molecule has 2 atom stereocenters. The summed E-state index contributed by atoms with van der Waals surface area (Å²) in [5, 5.41) is 3.46. The predicted octanol–water partition coefficient (Wildman–Crippen LogP) is 1.86. The Bertz CT molecular complexity index is 352. The van der Waals surface area contributed by atoms with E-state index in [1.165, 1.54) is 0 Å². The molecule has 0 spiro atoms. The van der Waals surface area contributed by atoms with Crippen molar-refractivity contribution in [2.45, 2.75) is 25.9 Å². The Morgan fingerprint density at radius 2 is 2.13 bits per heavy atom. The van der Waals surface area contributed by atoms with E-state index in [0.29, 0.717) is 5.02 Å². The van der Waals surface area contributed by atoms with Crippen LogP contribution in [0, 0.1) is 0 Å². The van der Waals surface area contributed by atoms with Crippen LogP contribution in [0.25, 0.3) is 0 Å². The summed E-state index contributed by atoms with van der Waals surface area (Å²) in [6.07, 6.45) is 0. The first-order valence-corrected chi connectivity index (χ1v) is 5.20. The van der Waals surface area contributed by atoms with Crippen molar-refractivity contribution in [2.24, 2.45) is 5.73 Å². The monoisotopic (exact) mass is 226 g/mol. The number of nitrogens with one attached hydrogen (secondary N) is 1. The first kappa shape index (κ1) is 12.0. The molecule has 0 bridgehead atoms. The normalized spacial score (nSPS) is 14.4. The van der Waals surface area contributed by atoms with E-state index in [0.717, 1.165) is 5.56 Å². The maximum Gasteiger partial charge on any atom is 0.237 e. The third-order valence-electron chi connectivity index (χ3n) is 2.12. The molecular formula is C11H15ClN2O. The van der Waals surface area contributed by atoms with E-state index in [1.807, 2.05) is 25.1 Å². The van der Waals surface area contributed by atoms with Crippen LogP contribution in [0.1, 0.15) is 25.5 Å². The zero-order valence-electron chi connectivity index (χ0n) is 8.83. The van der Waals surface area contributed by atoms with Gasteiger partial charge in [0.1, 0.15) is 0 Å². The summed E-state index contributed by atoms with van der Waals surface area (Å²) in [6, 6.07) is 6.82. The van der Waals surface area contributed by atoms with Gasteiger partial charge in [0, 0.05) is 5.02 Å². The molecule has 3 nitrogen and oxygen atoms in total. The first-order valence-electron chi connectivity index (χ1n) is 4.82. The average molecular weight is 227 g/mol. The molecule has 0 saturated heterocycles. The molecule has 1 amide bonds. The largest absolute Gasteiger partial charge is 0.348 e. The van der Waals surface area contributed by atoms with E-state index in [2.05, 4.69) is 5.32 Å². The third-order valence-corrected chi connectivity index (χ3v) is 2.36. The number of amides is 1. The molecule has 0 aliphatic rings. The van der Waals surface area contributed by atoms with Gasteiger partial charge in [-0.3, -0.25) is 4.79 Å². The second kappa shape index (κ2) is 5.14. The Kier molecular flexibility index (Phi) is 4.12. The molecule has 4 heteroatoms. The standard InChI is InChI=1S/C11H15ClN2O/c1-7(13)11(15)14-8(2)9-4-3-5-10(12)6-9/h3-8H,13H2,1-2H3,(H,14,15)/t7-,8+/m1/s1. The van der Waals surface area contributed by atoms with Crippen LogP contribution < -0.4 is 11.1 Å². The Hall–Kier alpha value is -1.06. The van der Waals surface area contributed by atoms with Crippen LogP contribution in [-0.2, 0) is 4.79 Å². The lowest BCUT2D eigenvalue weighted by atomic mass is 10.1. The summed E-state index contributed by atoms with van der Waals surface area (Å²) in [5.74, 6) is -0.164. The number of halogens is 1. The van der Waals surface area contributed by atoms with Crippen LogP contribution in [0.4, 0.5) is 0 Å². The highest BCUT2D eigenvalue weighted by atomic mass is 35.5. The fourth-order valence-electron chi connectivity index (χ4n) is 1.20. The van der Waals surface area contributed by atoms with Gasteiger partial charge in [-0.1, -0.05) is 23.7 Å². The van der Waals surface area contributed by atoms with Gasteiger partial charge in [-0.05, 0) is 31.5 Å². The van der Waals surface area contributed by atoms with E-state index in [4.69, 9.17) is 17.3 Å². The minimum absolute atomic E-state index is 0.0813. The molecule has 1 aromatic carbocycles. The van der Waals surface area contributed by atoms with Gasteiger partial charge in [-0.2, -0.15) is 0 Å². The zero-order chi connectivity index (χ0) is 11.4. The molecule has 0 radical (unpaired) electrons. The molecule has 1 aromatic rings. The van der Waals surface area contributed by atoms with Crippen molar-refractivity contribution in [3.05, 3.63) is 34.9 Å². The lowest BCUT2D eigenvalue weighted by molar-refractivity contribution is -0.122. The lowest BCUT2D eigenvalue weighted by Gasteiger charge is -2.16. The van der Waals surface area contributed by atoms with Crippen molar-refractivity contribution in [2.75, 3.05) is 0 Å². The van der Waals surface area contributed by atoms with E-state index < -0.39 is 6.04 Å². The summed E-state index contributed by atoms with van der Waals surface area (Å²) in [7, 11) is 0.